The first-order valence-electron chi connectivity index (χ1n) is 11.7. The number of rotatable bonds is 13. The average molecular weight is 441 g/mol. The fraction of sp³-hybridized carbons (Fsp3) is 0.481. The number of amides is 1. The number of aromatic nitrogens is 1. The normalized spacial score (nSPS) is 13.4. The average Bonchev–Trinajstić information content (AvgIpc) is 2.79. The van der Waals surface area contributed by atoms with Gasteiger partial charge in [0.1, 0.15) is 0 Å². The van der Waals surface area contributed by atoms with Crippen molar-refractivity contribution in [2.45, 2.75) is 72.3 Å². The number of ether oxygens (including phenoxy) is 1. The van der Waals surface area contributed by atoms with E-state index in [1.807, 2.05) is 63.2 Å². The third kappa shape index (κ3) is 8.81. The van der Waals surface area contributed by atoms with E-state index in [4.69, 9.17) is 4.74 Å². The molecule has 0 saturated carbocycles. The van der Waals surface area contributed by atoms with E-state index < -0.39 is 11.7 Å². The molecular formula is C27H37FN2O2. The molecule has 1 atom stereocenters. The monoisotopic (exact) mass is 440 g/mol. The van der Waals surface area contributed by atoms with E-state index in [1.54, 1.807) is 13.0 Å². The second-order valence-corrected chi connectivity index (χ2v) is 8.65. The number of para-hydroxylation sites is 1. The molecule has 1 amide bonds. The number of fused-ring (bicyclic) bond motifs is 1. The van der Waals surface area contributed by atoms with E-state index >= 15 is 0 Å². The molecule has 174 valence electrons. The number of carbonyl (C=O) groups is 1. The SMILES string of the molecule is CC(/C=C/CCCCCCCOc1ccc2ccccc2n1)=C(\F)C(=O)NC(C)C(C)C. The first-order chi connectivity index (χ1) is 15.4. The van der Waals surface area contributed by atoms with Gasteiger partial charge < -0.3 is 10.1 Å². The summed E-state index contributed by atoms with van der Waals surface area (Å²) < 4.78 is 19.9. The molecule has 0 aliphatic rings. The Hall–Kier alpha value is -2.69. The van der Waals surface area contributed by atoms with E-state index in [9.17, 15) is 9.18 Å². The highest BCUT2D eigenvalue weighted by Crippen LogP contribution is 2.17. The highest BCUT2D eigenvalue weighted by atomic mass is 19.1. The van der Waals surface area contributed by atoms with Crippen molar-refractivity contribution in [3.63, 3.8) is 0 Å². The van der Waals surface area contributed by atoms with Crippen molar-refractivity contribution in [2.75, 3.05) is 6.61 Å². The molecule has 2 rings (SSSR count). The molecule has 1 heterocycles. The summed E-state index contributed by atoms with van der Waals surface area (Å²) in [6, 6.07) is 11.9. The van der Waals surface area contributed by atoms with Crippen molar-refractivity contribution in [3.8, 4) is 5.88 Å². The standard InChI is InChI=1S/C27H37FN2O2/c1-20(2)22(4)29-27(31)26(28)21(3)14-10-8-6-5-7-9-13-19-32-25-18-17-23-15-11-12-16-24(23)30-25/h10-12,14-18,20,22H,5-9,13,19H2,1-4H3,(H,29,31)/b14-10+,26-21+. The van der Waals surface area contributed by atoms with E-state index in [1.165, 1.54) is 0 Å². The predicted octanol–water partition coefficient (Wildman–Crippen LogP) is 6.91. The molecule has 0 radical (unpaired) electrons. The van der Waals surface area contributed by atoms with Crippen molar-refractivity contribution >= 4 is 16.8 Å². The topological polar surface area (TPSA) is 51.2 Å². The Morgan fingerprint density at radius 1 is 1.06 bits per heavy atom. The van der Waals surface area contributed by atoms with Gasteiger partial charge in [0.15, 0.2) is 5.83 Å². The molecule has 0 bridgehead atoms. The van der Waals surface area contributed by atoms with Gasteiger partial charge in [-0.25, -0.2) is 9.37 Å². The minimum absolute atomic E-state index is 0.0562. The van der Waals surface area contributed by atoms with Gasteiger partial charge in [-0.2, -0.15) is 0 Å². The maximum atomic E-state index is 14.2. The molecule has 1 aromatic heterocycles. The van der Waals surface area contributed by atoms with Crippen molar-refractivity contribution < 1.29 is 13.9 Å². The van der Waals surface area contributed by atoms with Crippen LogP contribution in [0.2, 0.25) is 0 Å². The molecule has 1 unspecified atom stereocenters. The second-order valence-electron chi connectivity index (χ2n) is 8.65. The first kappa shape index (κ1) is 25.6. The number of benzene rings is 1. The van der Waals surface area contributed by atoms with Crippen LogP contribution in [-0.4, -0.2) is 23.5 Å². The van der Waals surface area contributed by atoms with Gasteiger partial charge in [-0.15, -0.1) is 0 Å². The molecule has 0 spiro atoms. The second kappa shape index (κ2) is 13.7. The van der Waals surface area contributed by atoms with Crippen LogP contribution in [-0.2, 0) is 4.79 Å². The van der Waals surface area contributed by atoms with Crippen LogP contribution in [0.1, 0.15) is 66.2 Å². The summed E-state index contributed by atoms with van der Waals surface area (Å²) in [4.78, 5) is 16.4. The maximum absolute atomic E-state index is 14.2. The van der Waals surface area contributed by atoms with Crippen LogP contribution >= 0.6 is 0 Å². The Kier molecular flexibility index (Phi) is 10.9. The molecule has 0 aliphatic carbocycles. The van der Waals surface area contributed by atoms with Gasteiger partial charge >= 0.3 is 0 Å². The molecule has 0 aliphatic heterocycles. The molecule has 1 aromatic carbocycles. The van der Waals surface area contributed by atoms with E-state index in [-0.39, 0.29) is 12.0 Å². The quantitative estimate of drug-likeness (QED) is 0.209. The molecule has 32 heavy (non-hydrogen) atoms. The van der Waals surface area contributed by atoms with Gasteiger partial charge in [0.2, 0.25) is 5.88 Å². The van der Waals surface area contributed by atoms with Gasteiger partial charge in [0.05, 0.1) is 12.1 Å². The number of hydrogen-bond acceptors (Lipinski definition) is 3. The number of unbranched alkanes of at least 4 members (excludes halogenated alkanes) is 5. The zero-order valence-corrected chi connectivity index (χ0v) is 19.9. The molecule has 5 heteroatoms. The van der Waals surface area contributed by atoms with Crippen molar-refractivity contribution in [2.24, 2.45) is 5.92 Å². The van der Waals surface area contributed by atoms with E-state index in [0.717, 1.165) is 49.4 Å². The lowest BCUT2D eigenvalue weighted by atomic mass is 10.1. The number of allylic oxidation sites excluding steroid dienone is 3. The minimum Gasteiger partial charge on any atom is -0.478 e. The van der Waals surface area contributed by atoms with Crippen LogP contribution in [0.4, 0.5) is 4.39 Å². The summed E-state index contributed by atoms with van der Waals surface area (Å²) >= 11 is 0. The zero-order valence-electron chi connectivity index (χ0n) is 19.9. The minimum atomic E-state index is -0.699. The molecule has 4 nitrogen and oxygen atoms in total. The van der Waals surface area contributed by atoms with Crippen LogP contribution in [0.15, 0.2) is 60.0 Å². The fourth-order valence-electron chi connectivity index (χ4n) is 3.15. The zero-order chi connectivity index (χ0) is 23.3. The maximum Gasteiger partial charge on any atom is 0.280 e. The third-order valence-corrected chi connectivity index (χ3v) is 5.61. The Balaban J connectivity index is 1.56. The first-order valence-corrected chi connectivity index (χ1v) is 11.7. The van der Waals surface area contributed by atoms with Crippen molar-refractivity contribution in [1.82, 2.24) is 10.3 Å². The number of nitrogens with one attached hydrogen (secondary N) is 1. The van der Waals surface area contributed by atoms with Gasteiger partial charge in [0, 0.05) is 17.5 Å². The molecule has 0 saturated heterocycles. The van der Waals surface area contributed by atoms with Crippen LogP contribution in [0, 0.1) is 5.92 Å². The van der Waals surface area contributed by atoms with Gasteiger partial charge in [-0.1, -0.05) is 63.5 Å². The van der Waals surface area contributed by atoms with Gasteiger partial charge in [-0.3, -0.25) is 4.79 Å². The van der Waals surface area contributed by atoms with Crippen LogP contribution < -0.4 is 10.1 Å². The fourth-order valence-corrected chi connectivity index (χ4v) is 3.15. The van der Waals surface area contributed by atoms with Crippen molar-refractivity contribution in [1.29, 1.82) is 0 Å². The summed E-state index contributed by atoms with van der Waals surface area (Å²) in [6.45, 7) is 8.18. The lowest BCUT2D eigenvalue weighted by Crippen LogP contribution is -2.36. The van der Waals surface area contributed by atoms with Crippen LogP contribution in [0.25, 0.3) is 10.9 Å². The summed E-state index contributed by atoms with van der Waals surface area (Å²) in [6.07, 6.45) is 9.96. The lowest BCUT2D eigenvalue weighted by molar-refractivity contribution is -0.119. The lowest BCUT2D eigenvalue weighted by Gasteiger charge is -2.16. The Morgan fingerprint density at radius 3 is 2.56 bits per heavy atom. The van der Waals surface area contributed by atoms with Gasteiger partial charge in [-0.05, 0) is 56.7 Å². The number of carbonyl (C=O) groups excluding carboxylic acids is 1. The summed E-state index contributed by atoms with van der Waals surface area (Å²) in [5.41, 5.74) is 1.33. The highest BCUT2D eigenvalue weighted by Gasteiger charge is 2.15. The molecular weight excluding hydrogens is 403 g/mol. The Labute approximate surface area is 192 Å². The summed E-state index contributed by atoms with van der Waals surface area (Å²) in [5.74, 6) is -0.384. The molecule has 2 aromatic rings. The smallest absolute Gasteiger partial charge is 0.280 e. The largest absolute Gasteiger partial charge is 0.478 e. The summed E-state index contributed by atoms with van der Waals surface area (Å²) in [5, 5.41) is 3.81. The molecule has 1 N–H and O–H groups in total. The number of nitrogens with zero attached hydrogens (tertiary/aromatic N) is 1. The van der Waals surface area contributed by atoms with E-state index in [2.05, 4.69) is 10.3 Å². The van der Waals surface area contributed by atoms with Gasteiger partial charge in [0.25, 0.3) is 5.91 Å². The third-order valence-electron chi connectivity index (χ3n) is 5.61. The number of pyridine rings is 1. The van der Waals surface area contributed by atoms with Crippen LogP contribution in [0.3, 0.4) is 0 Å². The van der Waals surface area contributed by atoms with Crippen molar-refractivity contribution in [3.05, 3.63) is 60.0 Å². The Bertz CT molecular complexity index is 921. The number of hydrogen-bond donors (Lipinski definition) is 1. The summed E-state index contributed by atoms with van der Waals surface area (Å²) in [7, 11) is 0. The van der Waals surface area contributed by atoms with E-state index in [0.29, 0.717) is 18.1 Å². The highest BCUT2D eigenvalue weighted by molar-refractivity contribution is 5.92. The Morgan fingerprint density at radius 2 is 1.78 bits per heavy atom. The number of halogens is 1. The molecule has 0 fully saturated rings. The predicted molar refractivity (Wildman–Crippen MR) is 130 cm³/mol. The van der Waals surface area contributed by atoms with Crippen LogP contribution in [0.5, 0.6) is 5.88 Å².